The molecule has 1 amide bonds. The summed E-state index contributed by atoms with van der Waals surface area (Å²) in [6, 6.07) is 9.16. The molecule has 0 bridgehead atoms. The van der Waals surface area contributed by atoms with Crippen molar-refractivity contribution in [3.63, 3.8) is 0 Å². The monoisotopic (exact) mass is 541 g/mol. The predicted molar refractivity (Wildman–Crippen MR) is 144 cm³/mol. The van der Waals surface area contributed by atoms with Gasteiger partial charge in [-0.15, -0.1) is 0 Å². The van der Waals surface area contributed by atoms with Crippen molar-refractivity contribution in [2.75, 3.05) is 18.6 Å². The summed E-state index contributed by atoms with van der Waals surface area (Å²) in [7, 11) is 1.88. The number of fused-ring (bicyclic) bond motifs is 1. The highest BCUT2D eigenvalue weighted by Gasteiger charge is 2.31. The second-order valence-corrected chi connectivity index (χ2v) is 9.39. The van der Waals surface area contributed by atoms with Gasteiger partial charge in [0, 0.05) is 55.6 Å². The fourth-order valence-electron chi connectivity index (χ4n) is 4.56. The molecule has 1 aliphatic rings. The van der Waals surface area contributed by atoms with E-state index in [0.29, 0.717) is 40.5 Å². The minimum Gasteiger partial charge on any atom is -0.489 e. The molecule has 3 aromatic rings. The Balaban J connectivity index is 0.00000441. The molecule has 3 aromatic carbocycles. The van der Waals surface area contributed by atoms with E-state index in [9.17, 15) is 18.0 Å². The summed E-state index contributed by atoms with van der Waals surface area (Å²) in [6.07, 6.45) is 1.58. The zero-order valence-electron chi connectivity index (χ0n) is 22.0. The number of anilines is 1. The van der Waals surface area contributed by atoms with Crippen LogP contribution in [-0.4, -0.2) is 24.5 Å². The van der Waals surface area contributed by atoms with Crippen LogP contribution in [0.2, 0.25) is 0 Å². The van der Waals surface area contributed by atoms with Gasteiger partial charge in [0.1, 0.15) is 41.4 Å². The number of aryl methyl sites for hydroxylation is 1. The molecule has 0 saturated carbocycles. The number of benzene rings is 3. The maximum absolute atomic E-state index is 15.2. The molecule has 5 nitrogen and oxygen atoms in total. The molecule has 0 fully saturated rings. The first-order valence-electron chi connectivity index (χ1n) is 12.3. The van der Waals surface area contributed by atoms with Gasteiger partial charge in [0.15, 0.2) is 0 Å². The Morgan fingerprint density at radius 3 is 2.38 bits per heavy atom. The van der Waals surface area contributed by atoms with E-state index in [1.165, 1.54) is 6.07 Å². The molecular formula is C30H31F4N3O2. The summed E-state index contributed by atoms with van der Waals surface area (Å²) < 4.78 is 62.0. The first-order valence-corrected chi connectivity index (χ1v) is 12.3. The minimum atomic E-state index is -1.09. The predicted octanol–water partition coefficient (Wildman–Crippen LogP) is 6.78. The zero-order valence-corrected chi connectivity index (χ0v) is 22.0. The summed E-state index contributed by atoms with van der Waals surface area (Å²) in [5.74, 6) is -3.24. The Morgan fingerprint density at radius 2 is 1.74 bits per heavy atom. The molecule has 9 heteroatoms. The van der Waals surface area contributed by atoms with Gasteiger partial charge >= 0.3 is 0 Å². The van der Waals surface area contributed by atoms with Crippen molar-refractivity contribution < 1.29 is 28.5 Å². The average Bonchev–Trinajstić information content (AvgIpc) is 2.88. The van der Waals surface area contributed by atoms with Crippen molar-refractivity contribution in [2.45, 2.75) is 33.0 Å². The van der Waals surface area contributed by atoms with Crippen LogP contribution >= 0.6 is 0 Å². The van der Waals surface area contributed by atoms with Gasteiger partial charge in [-0.3, -0.25) is 4.79 Å². The first-order chi connectivity index (χ1) is 18.5. The van der Waals surface area contributed by atoms with Gasteiger partial charge in [0.05, 0.1) is 12.6 Å². The van der Waals surface area contributed by atoms with Crippen LogP contribution in [0.5, 0.6) is 5.75 Å². The van der Waals surface area contributed by atoms with Crippen molar-refractivity contribution in [2.24, 2.45) is 0 Å². The van der Waals surface area contributed by atoms with Crippen LogP contribution in [-0.2, 0) is 13.1 Å². The van der Waals surface area contributed by atoms with Crippen LogP contribution in [0.4, 0.5) is 23.2 Å². The Labute approximate surface area is 226 Å². The highest BCUT2D eigenvalue weighted by Crippen LogP contribution is 2.41. The number of hydrogen-bond acceptors (Lipinski definition) is 4. The maximum atomic E-state index is 15.2. The van der Waals surface area contributed by atoms with Crippen molar-refractivity contribution in [3.8, 4) is 5.75 Å². The Bertz CT molecular complexity index is 1420. The molecule has 0 aliphatic carbocycles. The van der Waals surface area contributed by atoms with E-state index in [-0.39, 0.29) is 26.2 Å². The number of rotatable bonds is 8. The van der Waals surface area contributed by atoms with E-state index in [1.54, 1.807) is 37.3 Å². The molecular weight excluding hydrogens is 510 g/mol. The molecule has 0 aromatic heterocycles. The van der Waals surface area contributed by atoms with Crippen LogP contribution < -0.4 is 15.0 Å². The second kappa shape index (κ2) is 11.2. The number of ether oxygens (including phenoxy) is 1. The number of nitrogens with zero attached hydrogens (tertiary/aromatic N) is 2. The number of halogens is 4. The fourth-order valence-corrected chi connectivity index (χ4v) is 4.56. The molecule has 39 heavy (non-hydrogen) atoms. The van der Waals surface area contributed by atoms with Gasteiger partial charge in [-0.2, -0.15) is 0 Å². The first kappa shape index (κ1) is 27.8. The van der Waals surface area contributed by atoms with Gasteiger partial charge < -0.3 is 19.9 Å². The molecule has 4 rings (SSSR count). The molecule has 0 spiro atoms. The highest BCUT2D eigenvalue weighted by atomic mass is 19.1. The zero-order chi connectivity index (χ0) is 28.4. The molecule has 0 radical (unpaired) electrons. The molecule has 1 heterocycles. The Hall–Kier alpha value is -4.27. The van der Waals surface area contributed by atoms with E-state index >= 15 is 4.39 Å². The lowest BCUT2D eigenvalue weighted by molar-refractivity contribution is 0.0950. The summed E-state index contributed by atoms with van der Waals surface area (Å²) in [4.78, 5) is 16.7. The lowest BCUT2D eigenvalue weighted by Gasteiger charge is -2.43. The van der Waals surface area contributed by atoms with E-state index in [4.69, 9.17) is 4.74 Å². The number of carbonyl (C=O) groups is 1. The van der Waals surface area contributed by atoms with Gasteiger partial charge in [-0.05, 0) is 43.2 Å². The molecule has 0 saturated heterocycles. The maximum Gasteiger partial charge on any atom is 0.251 e. The topological polar surface area (TPSA) is 44.8 Å². The van der Waals surface area contributed by atoms with E-state index in [1.807, 2.05) is 23.8 Å². The van der Waals surface area contributed by atoms with Crippen molar-refractivity contribution in [1.29, 1.82) is 0 Å². The molecule has 1 N–H and O–H groups in total. The van der Waals surface area contributed by atoms with Gasteiger partial charge in [0.2, 0.25) is 0 Å². The minimum absolute atomic E-state index is 0. The fraction of sp³-hybridized carbons (Fsp3) is 0.233. The van der Waals surface area contributed by atoms with E-state index in [2.05, 4.69) is 18.5 Å². The smallest absolute Gasteiger partial charge is 0.251 e. The summed E-state index contributed by atoms with van der Waals surface area (Å²) in [6.45, 7) is 11.5. The van der Waals surface area contributed by atoms with Gasteiger partial charge in [-0.1, -0.05) is 25.3 Å². The Kier molecular flexibility index (Phi) is 7.99. The van der Waals surface area contributed by atoms with Crippen LogP contribution in [0, 0.1) is 30.2 Å². The molecule has 1 atom stereocenters. The third-order valence-corrected chi connectivity index (χ3v) is 6.94. The van der Waals surface area contributed by atoms with E-state index in [0.717, 1.165) is 5.56 Å². The van der Waals surface area contributed by atoms with Crippen molar-refractivity contribution in [1.82, 2.24) is 10.2 Å². The van der Waals surface area contributed by atoms with Crippen LogP contribution in [0.15, 0.2) is 67.5 Å². The SMILES string of the molecule is C=CCOc1cc(C)c(CN2C(=C)N(C)[C@@H](C)c3ccc(C(=O)NCc4c(F)cc(F)cc4F)cc32)c(F)c1.[HH]. The van der Waals surface area contributed by atoms with Crippen molar-refractivity contribution in [3.05, 3.63) is 119 Å². The summed E-state index contributed by atoms with van der Waals surface area (Å²) in [5, 5.41) is 2.49. The van der Waals surface area contributed by atoms with Crippen LogP contribution in [0.3, 0.4) is 0 Å². The molecule has 206 valence electrons. The van der Waals surface area contributed by atoms with Gasteiger partial charge in [-0.25, -0.2) is 17.6 Å². The summed E-state index contributed by atoms with van der Waals surface area (Å²) >= 11 is 0. The van der Waals surface area contributed by atoms with Gasteiger partial charge in [0.25, 0.3) is 5.91 Å². The second-order valence-electron chi connectivity index (χ2n) is 9.39. The number of amides is 1. The van der Waals surface area contributed by atoms with E-state index < -0.39 is 41.3 Å². The number of nitrogens with one attached hydrogen (secondary N) is 1. The third kappa shape index (κ3) is 5.62. The largest absolute Gasteiger partial charge is 0.489 e. The number of carbonyl (C=O) groups excluding carboxylic acids is 1. The average molecular weight is 542 g/mol. The lowest BCUT2D eigenvalue weighted by atomic mass is 9.97. The Morgan fingerprint density at radius 1 is 1.08 bits per heavy atom. The van der Waals surface area contributed by atoms with Crippen LogP contribution in [0.25, 0.3) is 0 Å². The molecule has 0 unspecified atom stereocenters. The quantitative estimate of drug-likeness (QED) is 0.252. The number of hydrogen-bond donors (Lipinski definition) is 1. The highest BCUT2D eigenvalue weighted by molar-refractivity contribution is 5.95. The van der Waals surface area contributed by atoms with Crippen molar-refractivity contribution >= 4 is 11.6 Å². The van der Waals surface area contributed by atoms with Crippen LogP contribution in [0.1, 0.15) is 47.0 Å². The third-order valence-electron chi connectivity index (χ3n) is 6.94. The standard InChI is InChI=1S/C30H29F4N3O2.H2/c1-6-9-39-22-10-17(2)25(28(34)14-22)16-37-19(4)36(5)18(3)23-8-7-20(11-29(23)37)30(38)35-15-24-26(32)12-21(31)13-27(24)33;/h6-8,10-14,18H,1,4,9,15-16H2,2-3,5H3,(H,35,38);1H/t18-;/m0./s1. The lowest BCUT2D eigenvalue weighted by Crippen LogP contribution is -2.39. The normalized spacial score (nSPS) is 14.7. The summed E-state index contributed by atoms with van der Waals surface area (Å²) in [5.41, 5.74) is 2.45. The molecule has 1 aliphatic heterocycles.